The van der Waals surface area contributed by atoms with Crippen LogP contribution in [0.3, 0.4) is 0 Å². The summed E-state index contributed by atoms with van der Waals surface area (Å²) in [5.41, 5.74) is -3.23. The van der Waals surface area contributed by atoms with Crippen LogP contribution >= 0.6 is 0 Å². The van der Waals surface area contributed by atoms with E-state index in [-0.39, 0.29) is 83.2 Å². The van der Waals surface area contributed by atoms with Crippen molar-refractivity contribution in [3.8, 4) is 17.2 Å². The molecule has 1 aromatic carbocycles. The van der Waals surface area contributed by atoms with Crippen molar-refractivity contribution in [1.82, 2.24) is 4.98 Å². The summed E-state index contributed by atoms with van der Waals surface area (Å²) in [7, 11) is 0. The van der Waals surface area contributed by atoms with Crippen LogP contribution < -0.4 is 43.9 Å². The molecule has 1 saturated heterocycles. The number of nitrogens with zero attached hydrogens (tertiary/aromatic N) is 1. The molecule has 1 aromatic heterocycles. The number of aliphatic hydroxyl groups is 1. The number of fused-ring (bicyclic) bond motifs is 6. The number of quaternary nitrogens is 1. The number of ether oxygens (including phenoxy) is 5. The summed E-state index contributed by atoms with van der Waals surface area (Å²) in [5.74, 6) is -4.42. The van der Waals surface area contributed by atoms with E-state index in [1.807, 2.05) is 39.0 Å². The minimum atomic E-state index is -2.64. The van der Waals surface area contributed by atoms with Gasteiger partial charge in [-0.1, -0.05) is 36.5 Å². The number of benzene rings is 1. The summed E-state index contributed by atoms with van der Waals surface area (Å²) in [6.07, 6.45) is 11.6. The van der Waals surface area contributed by atoms with Gasteiger partial charge >= 0.3 is 5.97 Å². The quantitative estimate of drug-likeness (QED) is 0.0924. The van der Waals surface area contributed by atoms with Crippen molar-refractivity contribution >= 4 is 23.2 Å². The van der Waals surface area contributed by atoms with Gasteiger partial charge in [-0.25, -0.2) is 4.79 Å². The molecule has 6 aliphatic rings. The first-order chi connectivity index (χ1) is 26.9. The number of carbonyl (C=O) groups excluding carboxylic acids is 3. The Bertz CT molecular complexity index is 2200. The molecule has 15 heteroatoms. The van der Waals surface area contributed by atoms with Crippen molar-refractivity contribution in [1.29, 1.82) is 0 Å². The smallest absolute Gasteiger partial charge is 0.331 e. The lowest BCUT2D eigenvalue weighted by molar-refractivity contribution is -0.913. The molecule has 0 spiro atoms. The van der Waals surface area contributed by atoms with Gasteiger partial charge in [-0.2, -0.15) is 0 Å². The van der Waals surface area contributed by atoms with Crippen molar-refractivity contribution in [2.45, 2.75) is 76.7 Å². The molecular weight excluding hydrogens is 849 g/mol. The second kappa shape index (κ2) is 16.1. The monoisotopic (exact) mass is 895 g/mol. The van der Waals surface area contributed by atoms with Crippen LogP contribution in [-0.4, -0.2) is 95.8 Å². The second-order valence-corrected chi connectivity index (χ2v) is 15.4. The first kappa shape index (κ1) is 40.8. The van der Waals surface area contributed by atoms with E-state index < -0.39 is 70.2 Å². The Morgan fingerprint density at radius 2 is 1.86 bits per heavy atom. The lowest BCUT2D eigenvalue weighted by Crippen LogP contribution is -3.15. The van der Waals surface area contributed by atoms with Crippen LogP contribution in [0, 0.1) is 18.8 Å². The topological polar surface area (TPSA) is 187 Å². The number of aryl methyl sites for hydroxylation is 1. The van der Waals surface area contributed by atoms with Crippen LogP contribution in [0.5, 0.6) is 17.2 Å². The molecule has 1 fully saturated rings. The zero-order valence-electron chi connectivity index (χ0n) is 32.1. The molecule has 0 bridgehead atoms. The van der Waals surface area contributed by atoms with E-state index in [0.717, 1.165) is 13.1 Å². The molecule has 3 aliphatic heterocycles. The molecule has 4 heterocycles. The molecule has 9 atom stereocenters. The van der Waals surface area contributed by atoms with E-state index in [1.165, 1.54) is 17.0 Å². The number of ketones is 2. The van der Waals surface area contributed by atoms with Crippen molar-refractivity contribution in [3.63, 3.8) is 0 Å². The van der Waals surface area contributed by atoms with Gasteiger partial charge in [-0.15, -0.1) is 0 Å². The third kappa shape index (κ3) is 7.00. The molecule has 3 aliphatic carbocycles. The summed E-state index contributed by atoms with van der Waals surface area (Å²) in [6, 6.07) is 1.43. The van der Waals surface area contributed by atoms with Gasteiger partial charge in [0.15, 0.2) is 35.8 Å². The van der Waals surface area contributed by atoms with E-state index in [0.29, 0.717) is 30.9 Å². The van der Waals surface area contributed by atoms with Gasteiger partial charge in [0, 0.05) is 34.4 Å². The highest BCUT2D eigenvalue weighted by molar-refractivity contribution is 6.20. The number of esters is 1. The molecule has 8 rings (SSSR count). The number of phenols is 1. The third-order valence-corrected chi connectivity index (χ3v) is 11.5. The van der Waals surface area contributed by atoms with Crippen LogP contribution in [0.15, 0.2) is 64.5 Å². The number of rotatable bonds is 7. The molecular formula is C42H46IN3O11. The van der Waals surface area contributed by atoms with Crippen molar-refractivity contribution in [2.75, 3.05) is 33.0 Å². The Morgan fingerprint density at radius 3 is 2.61 bits per heavy atom. The van der Waals surface area contributed by atoms with Gasteiger partial charge in [-0.05, 0) is 52.7 Å². The number of hydrogen-bond donors (Lipinski definition) is 4. The average molecular weight is 896 g/mol. The van der Waals surface area contributed by atoms with E-state index in [1.54, 1.807) is 31.2 Å². The molecule has 302 valence electrons. The predicted molar refractivity (Wildman–Crippen MR) is 202 cm³/mol. The van der Waals surface area contributed by atoms with Gasteiger partial charge in [0.2, 0.25) is 5.78 Å². The number of aromatic nitrogens is 1. The fourth-order valence-electron chi connectivity index (χ4n) is 9.30. The van der Waals surface area contributed by atoms with Gasteiger partial charge < -0.3 is 67.8 Å². The van der Waals surface area contributed by atoms with Crippen LogP contribution in [-0.2, 0) is 24.6 Å². The number of phenolic OH excluding ortho intramolecular Hbond substituents is 1. The highest BCUT2D eigenvalue weighted by Crippen LogP contribution is 2.62. The first-order valence-electron chi connectivity index (χ1n) is 19.2. The second-order valence-electron chi connectivity index (χ2n) is 15.4. The molecule has 4 N–H and O–H groups in total. The molecule has 1 unspecified atom stereocenters. The molecule has 57 heavy (non-hydrogen) atoms. The molecule has 14 nitrogen and oxygen atoms in total. The lowest BCUT2D eigenvalue weighted by Gasteiger charge is -2.48. The minimum Gasteiger partial charge on any atom is -1.00 e. The maximum Gasteiger partial charge on any atom is 0.331 e. The SMILES string of the molecule is C/C=C/C=C/C=C/C(=O)O[C@@H]1C=CC[C@H]2C(=NCC[NH+]3C[C@@H](C)O[C@@H](C)C3)c3c(O)c4c5c(c3O[C@H]12)OCO[C@@H]5C[C@@H]1C(=O)c2cc(C)[nH]c(=O)c2C(=O)[C@]41O.[I-]. The van der Waals surface area contributed by atoms with Crippen molar-refractivity contribution in [3.05, 3.63) is 98.5 Å². The molecule has 0 amide bonds. The maximum atomic E-state index is 14.5. The van der Waals surface area contributed by atoms with Crippen LogP contribution in [0.1, 0.15) is 82.8 Å². The normalized spacial score (nSPS) is 31.8. The number of pyridine rings is 1. The summed E-state index contributed by atoms with van der Waals surface area (Å²) in [6.45, 7) is 9.90. The van der Waals surface area contributed by atoms with Crippen molar-refractivity contribution < 1.29 is 77.2 Å². The standard InChI is InChI=1S/C42H45N3O11.HI/c1-5-6-7-8-9-13-29(46)55-27-12-10-11-24-34(43-14-15-45-18-22(3)54-23(4)19-45)32-36(48)33-31-28(52-20-53-38(31)39(32)56-37(24)27)17-26-35(47)25-16-21(2)44-41(50)30(25)40(49)42(26,33)51;/h5-10,12-13,16,22-24,26-28,37,48,51H,11,14-15,17-20H2,1-4H3,(H,44,50);1H/b6-5+,8-7+,13-9+,43-34?;/t22-,23+,24-,26+,27+,28+,37-,42+;/m0./s1. The van der Waals surface area contributed by atoms with E-state index in [4.69, 9.17) is 28.7 Å². The Hall–Kier alpha value is -4.42. The van der Waals surface area contributed by atoms with Gasteiger partial charge in [-0.3, -0.25) is 19.4 Å². The fraction of sp³-hybridized carbons (Fsp3) is 0.452. The number of aliphatic imine (C=N–C) groups is 1. The van der Waals surface area contributed by atoms with Crippen LogP contribution in [0.4, 0.5) is 0 Å². The summed E-state index contributed by atoms with van der Waals surface area (Å²) in [4.78, 5) is 63.9. The van der Waals surface area contributed by atoms with Gasteiger partial charge in [0.1, 0.15) is 37.2 Å². The minimum absolute atomic E-state index is 0. The number of morpholine rings is 1. The Kier molecular flexibility index (Phi) is 11.5. The number of carbonyl (C=O) groups is 3. The zero-order chi connectivity index (χ0) is 39.5. The first-order valence-corrected chi connectivity index (χ1v) is 19.2. The predicted octanol–water partition coefficient (Wildman–Crippen LogP) is -0.494. The number of aromatic hydroxyl groups is 1. The molecule has 0 radical (unpaired) electrons. The zero-order valence-corrected chi connectivity index (χ0v) is 34.2. The van der Waals surface area contributed by atoms with Gasteiger partial charge in [0.25, 0.3) is 5.56 Å². The fourth-order valence-corrected chi connectivity index (χ4v) is 9.30. The average Bonchev–Trinajstić information content (AvgIpc) is 3.15. The summed E-state index contributed by atoms with van der Waals surface area (Å²) >= 11 is 0. The number of halogens is 1. The Morgan fingerprint density at radius 1 is 1.11 bits per heavy atom. The number of allylic oxidation sites excluding steroid dienone is 6. The Labute approximate surface area is 346 Å². The van der Waals surface area contributed by atoms with E-state index in [9.17, 15) is 29.4 Å². The Balaban J connectivity index is 0.00000496. The van der Waals surface area contributed by atoms with E-state index >= 15 is 0 Å². The lowest BCUT2D eigenvalue weighted by atomic mass is 9.60. The number of hydrogen-bond acceptors (Lipinski definition) is 12. The largest absolute Gasteiger partial charge is 1.00 e. The number of aromatic amines is 1. The van der Waals surface area contributed by atoms with Crippen molar-refractivity contribution in [2.24, 2.45) is 16.8 Å². The number of Topliss-reactive ketones (excluding diaryl/α,β-unsaturated/α-hetero) is 2. The third-order valence-electron chi connectivity index (χ3n) is 11.5. The van der Waals surface area contributed by atoms with Gasteiger partial charge in [0.05, 0.1) is 41.9 Å². The van der Waals surface area contributed by atoms with Crippen LogP contribution in [0.2, 0.25) is 0 Å². The molecule has 0 saturated carbocycles. The highest BCUT2D eigenvalue weighted by Gasteiger charge is 2.63. The highest BCUT2D eigenvalue weighted by atomic mass is 127. The van der Waals surface area contributed by atoms with E-state index in [2.05, 4.69) is 4.98 Å². The maximum absolute atomic E-state index is 14.5. The summed E-state index contributed by atoms with van der Waals surface area (Å²) in [5, 5.41) is 25.2. The molecule has 2 aromatic rings. The van der Waals surface area contributed by atoms with Crippen LogP contribution in [0.25, 0.3) is 0 Å². The number of nitrogens with one attached hydrogen (secondary N) is 2. The number of H-pyrrole nitrogens is 1. The summed E-state index contributed by atoms with van der Waals surface area (Å²) < 4.78 is 30.7.